The molecule has 2 heterocycles. The van der Waals surface area contributed by atoms with Crippen molar-refractivity contribution >= 4 is 5.91 Å². The van der Waals surface area contributed by atoms with Crippen molar-refractivity contribution in [3.63, 3.8) is 0 Å². The molecule has 2 atom stereocenters. The summed E-state index contributed by atoms with van der Waals surface area (Å²) in [5.74, 6) is 0.750. The summed E-state index contributed by atoms with van der Waals surface area (Å²) in [6, 6.07) is 11.8. The summed E-state index contributed by atoms with van der Waals surface area (Å²) in [6.07, 6.45) is 3.58. The summed E-state index contributed by atoms with van der Waals surface area (Å²) >= 11 is 0. The van der Waals surface area contributed by atoms with Crippen molar-refractivity contribution in [3.05, 3.63) is 59.4 Å². The van der Waals surface area contributed by atoms with Crippen LogP contribution in [0.2, 0.25) is 0 Å². The maximum atomic E-state index is 12.6. The molecule has 2 aromatic rings. The lowest BCUT2D eigenvalue weighted by Gasteiger charge is -2.42. The normalized spacial score (nSPS) is 19.2. The van der Waals surface area contributed by atoms with Gasteiger partial charge in [-0.2, -0.15) is 0 Å². The quantitative estimate of drug-likeness (QED) is 0.689. The molecule has 1 amide bonds. The summed E-state index contributed by atoms with van der Waals surface area (Å²) < 4.78 is 5.33. The zero-order valence-corrected chi connectivity index (χ0v) is 20.0. The van der Waals surface area contributed by atoms with Crippen LogP contribution in [0, 0.1) is 18.3 Å². The fourth-order valence-corrected chi connectivity index (χ4v) is 4.35. The number of aliphatic hydroxyl groups is 1. The molecule has 174 valence electrons. The first-order valence-electron chi connectivity index (χ1n) is 11.4. The molecule has 0 unspecified atom stereocenters. The Balaban J connectivity index is 1.79. The third kappa shape index (κ3) is 5.67. The molecule has 6 heteroatoms. The first-order valence-corrected chi connectivity index (χ1v) is 11.4. The highest BCUT2D eigenvalue weighted by molar-refractivity contribution is 5.81. The average Bonchev–Trinajstić information content (AvgIpc) is 2.78. The van der Waals surface area contributed by atoms with Crippen molar-refractivity contribution < 1.29 is 14.6 Å². The van der Waals surface area contributed by atoms with Gasteiger partial charge in [-0.15, -0.1) is 0 Å². The van der Waals surface area contributed by atoms with Crippen LogP contribution in [0.25, 0.3) is 0 Å². The third-order valence-corrected chi connectivity index (χ3v) is 6.43. The monoisotopic (exact) mass is 439 g/mol. The number of piperidine rings is 1. The molecule has 32 heavy (non-hydrogen) atoms. The van der Waals surface area contributed by atoms with Crippen LogP contribution in [0.15, 0.2) is 42.6 Å². The van der Waals surface area contributed by atoms with Gasteiger partial charge in [0.05, 0.1) is 19.3 Å². The summed E-state index contributed by atoms with van der Waals surface area (Å²) in [4.78, 5) is 19.4. The van der Waals surface area contributed by atoms with Gasteiger partial charge in [0.25, 0.3) is 0 Å². The fourth-order valence-electron chi connectivity index (χ4n) is 4.35. The zero-order chi connectivity index (χ0) is 23.4. The van der Waals surface area contributed by atoms with E-state index < -0.39 is 11.0 Å². The van der Waals surface area contributed by atoms with Gasteiger partial charge in [0.1, 0.15) is 11.4 Å². The number of nitrogens with one attached hydrogen (secondary N) is 1. The van der Waals surface area contributed by atoms with Gasteiger partial charge in [-0.1, -0.05) is 32.9 Å². The second kappa shape index (κ2) is 10.0. The molecule has 0 spiro atoms. The molecule has 1 aliphatic rings. The number of aromatic nitrogens is 1. The van der Waals surface area contributed by atoms with Gasteiger partial charge >= 0.3 is 0 Å². The average molecular weight is 440 g/mol. The standard InChI is InChI=1S/C26H37N3O3/c1-19-15-22(32-5)12-11-20(19)16-29-14-8-9-21(17-29)26(31,23-10-6-7-13-27-23)18-28-24(30)25(2,3)4/h6-7,10-13,15,21,31H,8-9,14,16-18H2,1-5H3,(H,28,30)/t21-,26+/m0/s1. The molecule has 1 saturated heterocycles. The number of benzene rings is 1. The number of likely N-dealkylation sites (tertiary alicyclic amines) is 1. The Morgan fingerprint density at radius 3 is 2.69 bits per heavy atom. The number of aryl methyl sites for hydroxylation is 1. The summed E-state index contributed by atoms with van der Waals surface area (Å²) in [6.45, 7) is 10.4. The van der Waals surface area contributed by atoms with E-state index in [4.69, 9.17) is 4.74 Å². The Hall–Kier alpha value is -2.44. The Kier molecular flexibility index (Phi) is 7.57. The lowest BCUT2D eigenvalue weighted by atomic mass is 9.78. The molecule has 0 bridgehead atoms. The van der Waals surface area contributed by atoms with Crippen LogP contribution >= 0.6 is 0 Å². The number of rotatable bonds is 7. The largest absolute Gasteiger partial charge is 0.497 e. The van der Waals surface area contributed by atoms with Crippen LogP contribution in [0.1, 0.15) is 50.4 Å². The van der Waals surface area contributed by atoms with Gasteiger partial charge in [-0.05, 0) is 61.7 Å². The Bertz CT molecular complexity index is 910. The van der Waals surface area contributed by atoms with E-state index >= 15 is 0 Å². The van der Waals surface area contributed by atoms with E-state index in [0.29, 0.717) is 5.69 Å². The topological polar surface area (TPSA) is 74.7 Å². The highest BCUT2D eigenvalue weighted by Gasteiger charge is 2.42. The van der Waals surface area contributed by atoms with Crippen LogP contribution in [0.5, 0.6) is 5.75 Å². The number of hydrogen-bond donors (Lipinski definition) is 2. The first-order chi connectivity index (χ1) is 15.1. The van der Waals surface area contributed by atoms with Crippen LogP contribution < -0.4 is 10.1 Å². The van der Waals surface area contributed by atoms with Crippen LogP contribution in [0.3, 0.4) is 0 Å². The molecule has 0 saturated carbocycles. The molecule has 1 aliphatic heterocycles. The van der Waals surface area contributed by atoms with Crippen LogP contribution in [-0.4, -0.2) is 47.6 Å². The summed E-state index contributed by atoms with van der Waals surface area (Å²) in [5, 5.41) is 14.9. The molecule has 6 nitrogen and oxygen atoms in total. The second-order valence-electron chi connectivity index (χ2n) is 9.94. The number of amides is 1. The van der Waals surface area contributed by atoms with Crippen molar-refractivity contribution in [2.24, 2.45) is 11.3 Å². The predicted molar refractivity (Wildman–Crippen MR) is 126 cm³/mol. The SMILES string of the molecule is COc1ccc(CN2CCC[C@H]([C@](O)(CNC(=O)C(C)(C)C)c3ccccn3)C2)c(C)c1. The van der Waals surface area contributed by atoms with E-state index in [-0.39, 0.29) is 18.4 Å². The van der Waals surface area contributed by atoms with E-state index in [0.717, 1.165) is 38.2 Å². The lowest BCUT2D eigenvalue weighted by Crippen LogP contribution is -2.53. The summed E-state index contributed by atoms with van der Waals surface area (Å²) in [5.41, 5.74) is 1.32. The minimum absolute atomic E-state index is 0.0371. The van der Waals surface area contributed by atoms with Gasteiger partial charge < -0.3 is 15.2 Å². The number of carbonyl (C=O) groups excluding carboxylic acids is 1. The van der Waals surface area contributed by atoms with E-state index in [2.05, 4.69) is 34.3 Å². The Labute approximate surface area is 192 Å². The Morgan fingerprint density at radius 2 is 2.06 bits per heavy atom. The molecule has 1 fully saturated rings. The fraction of sp³-hybridized carbons (Fsp3) is 0.538. The second-order valence-corrected chi connectivity index (χ2v) is 9.94. The van der Waals surface area contributed by atoms with E-state index in [9.17, 15) is 9.90 Å². The van der Waals surface area contributed by atoms with Crippen molar-refractivity contribution in [2.45, 2.75) is 52.7 Å². The van der Waals surface area contributed by atoms with E-state index in [1.165, 1.54) is 11.1 Å². The number of pyridine rings is 1. The predicted octanol–water partition coefficient (Wildman–Crippen LogP) is 3.66. The number of carbonyl (C=O) groups is 1. The van der Waals surface area contributed by atoms with Crippen molar-refractivity contribution in [1.82, 2.24) is 15.2 Å². The minimum atomic E-state index is -1.23. The molecule has 3 rings (SSSR count). The highest BCUT2D eigenvalue weighted by atomic mass is 16.5. The van der Waals surface area contributed by atoms with Gasteiger partial charge in [0.2, 0.25) is 5.91 Å². The van der Waals surface area contributed by atoms with Gasteiger partial charge in [-0.3, -0.25) is 14.7 Å². The molecule has 2 N–H and O–H groups in total. The maximum absolute atomic E-state index is 12.6. The lowest BCUT2D eigenvalue weighted by molar-refractivity contribution is -0.131. The van der Waals surface area contributed by atoms with Gasteiger partial charge in [-0.25, -0.2) is 0 Å². The van der Waals surface area contributed by atoms with Gasteiger partial charge in [0.15, 0.2) is 0 Å². The van der Waals surface area contributed by atoms with Crippen LogP contribution in [0.4, 0.5) is 0 Å². The van der Waals surface area contributed by atoms with Crippen LogP contribution in [-0.2, 0) is 16.9 Å². The van der Waals surface area contributed by atoms with Crippen molar-refractivity contribution in [1.29, 1.82) is 0 Å². The smallest absolute Gasteiger partial charge is 0.225 e. The molecule has 1 aromatic heterocycles. The molecule has 0 aliphatic carbocycles. The molecule has 0 radical (unpaired) electrons. The maximum Gasteiger partial charge on any atom is 0.225 e. The molecular formula is C26H37N3O3. The number of hydrogen-bond acceptors (Lipinski definition) is 5. The summed E-state index contributed by atoms with van der Waals surface area (Å²) in [7, 11) is 1.68. The zero-order valence-electron chi connectivity index (χ0n) is 20.0. The van der Waals surface area contributed by atoms with Gasteiger partial charge in [0, 0.05) is 30.6 Å². The minimum Gasteiger partial charge on any atom is -0.497 e. The van der Waals surface area contributed by atoms with Crippen molar-refractivity contribution in [3.8, 4) is 5.75 Å². The van der Waals surface area contributed by atoms with Crippen molar-refractivity contribution in [2.75, 3.05) is 26.7 Å². The number of ether oxygens (including phenoxy) is 1. The van der Waals surface area contributed by atoms with E-state index in [1.807, 2.05) is 45.0 Å². The Morgan fingerprint density at radius 1 is 1.28 bits per heavy atom. The van der Waals surface area contributed by atoms with E-state index in [1.54, 1.807) is 13.3 Å². The number of methoxy groups -OCH3 is 1. The number of nitrogens with zero attached hydrogens (tertiary/aromatic N) is 2. The highest BCUT2D eigenvalue weighted by Crippen LogP contribution is 2.35. The molecular weight excluding hydrogens is 402 g/mol. The first kappa shape index (κ1) is 24.2. The molecule has 1 aromatic carbocycles. The third-order valence-electron chi connectivity index (χ3n) is 6.43.